The summed E-state index contributed by atoms with van der Waals surface area (Å²) < 4.78 is 15.4. The van der Waals surface area contributed by atoms with Crippen LogP contribution >= 0.6 is 0 Å². The molecule has 0 aromatic rings. The summed E-state index contributed by atoms with van der Waals surface area (Å²) in [7, 11) is 0. The molecule has 3 heteroatoms. The Bertz CT molecular complexity index is 215. The Morgan fingerprint density at radius 1 is 1.58 bits per heavy atom. The first-order valence-electron chi connectivity index (χ1n) is 5.44. The van der Waals surface area contributed by atoms with Crippen LogP contribution in [0.3, 0.4) is 0 Å². The van der Waals surface area contributed by atoms with Gasteiger partial charge >= 0.3 is 5.97 Å². The van der Waals surface area contributed by atoms with E-state index in [4.69, 9.17) is 13.6 Å². The fraction of sp³-hybridized carbons (Fsp3) is 0.889. The molecule has 1 aliphatic carbocycles. The minimum atomic E-state index is -1.77. The highest BCUT2D eigenvalue weighted by molar-refractivity contribution is 5.73. The van der Waals surface area contributed by atoms with E-state index >= 15 is 0 Å². The van der Waals surface area contributed by atoms with E-state index in [9.17, 15) is 4.79 Å². The molecule has 1 aliphatic rings. The van der Waals surface area contributed by atoms with Crippen LogP contribution in [-0.4, -0.2) is 17.1 Å². The Labute approximate surface area is 75.8 Å². The molecule has 0 heterocycles. The van der Waals surface area contributed by atoms with E-state index in [1.807, 2.05) is 0 Å². The monoisotopic (exact) mass is 173 g/mol. The highest BCUT2D eigenvalue weighted by Gasteiger charge is 2.20. The predicted octanol–water partition coefficient (Wildman–Crippen LogP) is 1.37. The van der Waals surface area contributed by atoms with Crippen molar-refractivity contribution >= 4 is 5.97 Å². The van der Waals surface area contributed by atoms with Gasteiger partial charge in [0.1, 0.15) is 6.04 Å². The van der Waals surface area contributed by atoms with Gasteiger partial charge in [0, 0.05) is 2.74 Å². The normalized spacial score (nSPS) is 25.8. The van der Waals surface area contributed by atoms with Crippen molar-refractivity contribution in [2.24, 2.45) is 11.7 Å². The highest BCUT2D eigenvalue weighted by Crippen LogP contribution is 2.26. The smallest absolute Gasteiger partial charge is 0.320 e. The molecule has 1 atom stereocenters. The van der Waals surface area contributed by atoms with Gasteiger partial charge in [-0.15, -0.1) is 0 Å². The second-order valence-corrected chi connectivity index (χ2v) is 3.32. The minimum absolute atomic E-state index is 0.192. The molecule has 0 spiro atoms. The molecule has 0 radical (unpaired) electrons. The molecule has 0 aromatic carbocycles. The van der Waals surface area contributed by atoms with Crippen LogP contribution in [0.15, 0.2) is 0 Å². The zero-order valence-electron chi connectivity index (χ0n) is 9.12. The van der Waals surface area contributed by atoms with Gasteiger partial charge in [-0.3, -0.25) is 4.79 Å². The van der Waals surface area contributed by atoms with Crippen LogP contribution in [0.4, 0.5) is 0 Å². The maximum atomic E-state index is 10.6. The summed E-state index contributed by atoms with van der Waals surface area (Å²) in [6.45, 7) is 0. The third kappa shape index (κ3) is 2.81. The van der Waals surface area contributed by atoms with Crippen LogP contribution < -0.4 is 5.73 Å². The first-order valence-corrected chi connectivity index (χ1v) is 4.44. The van der Waals surface area contributed by atoms with Gasteiger partial charge in [-0.25, -0.2) is 0 Å². The van der Waals surface area contributed by atoms with Crippen LogP contribution in [0, 0.1) is 5.92 Å². The minimum Gasteiger partial charge on any atom is -0.480 e. The first-order chi connectivity index (χ1) is 6.46. The number of rotatable bonds is 3. The predicted molar refractivity (Wildman–Crippen MR) is 46.8 cm³/mol. The summed E-state index contributed by atoms with van der Waals surface area (Å²) in [6.07, 6.45) is 2.83. The van der Waals surface area contributed by atoms with E-state index in [1.54, 1.807) is 0 Å². The molecule has 0 aliphatic heterocycles. The van der Waals surface area contributed by atoms with Crippen LogP contribution in [0.5, 0.6) is 0 Å². The molecule has 3 N–H and O–H groups in total. The molecule has 1 rings (SSSR count). The van der Waals surface area contributed by atoms with Crippen molar-refractivity contribution in [1.29, 1.82) is 0 Å². The van der Waals surface area contributed by atoms with Crippen molar-refractivity contribution < 1.29 is 12.6 Å². The van der Waals surface area contributed by atoms with Crippen molar-refractivity contribution in [3.05, 3.63) is 0 Å². The van der Waals surface area contributed by atoms with Crippen molar-refractivity contribution in [2.75, 3.05) is 0 Å². The second kappa shape index (κ2) is 4.45. The van der Waals surface area contributed by atoms with Crippen LogP contribution in [0.2, 0.25) is 0 Å². The van der Waals surface area contributed by atoms with Crippen LogP contribution in [0.1, 0.15) is 41.2 Å². The first kappa shape index (κ1) is 6.89. The molecule has 1 saturated carbocycles. The summed E-state index contributed by atoms with van der Waals surface area (Å²) >= 11 is 0. The third-order valence-corrected chi connectivity index (χ3v) is 2.29. The molecule has 1 fully saturated rings. The average Bonchev–Trinajstić information content (AvgIpc) is 2.18. The molecule has 0 aromatic heterocycles. The molecular formula is C9H17NO2. The summed E-state index contributed by atoms with van der Waals surface area (Å²) in [4.78, 5) is 10.6. The van der Waals surface area contributed by atoms with E-state index in [2.05, 4.69) is 0 Å². The topological polar surface area (TPSA) is 63.3 Å². The van der Waals surface area contributed by atoms with Crippen LogP contribution in [0.25, 0.3) is 0 Å². The SMILES string of the molecule is [2H]C([2H])(C1CCCCC1)C(N)C(=O)O. The van der Waals surface area contributed by atoms with Gasteiger partial charge in [0.25, 0.3) is 0 Å². The molecule has 3 nitrogen and oxygen atoms in total. The van der Waals surface area contributed by atoms with Gasteiger partial charge in [0.15, 0.2) is 0 Å². The number of carboxylic acid groups (broad SMARTS) is 1. The lowest BCUT2D eigenvalue weighted by molar-refractivity contribution is -0.139. The fourth-order valence-corrected chi connectivity index (χ4v) is 1.59. The standard InChI is InChI=1S/C9H17NO2/c10-8(9(11)12)6-7-4-2-1-3-5-7/h7-8H,1-6,10H2,(H,11,12)/i6D2. The van der Waals surface area contributed by atoms with Gasteiger partial charge in [-0.1, -0.05) is 32.1 Å². The number of aliphatic carboxylic acids is 1. The number of hydrogen-bond donors (Lipinski definition) is 2. The second-order valence-electron chi connectivity index (χ2n) is 3.32. The Morgan fingerprint density at radius 2 is 2.17 bits per heavy atom. The molecule has 1 unspecified atom stereocenters. The maximum Gasteiger partial charge on any atom is 0.320 e. The van der Waals surface area contributed by atoms with Crippen LogP contribution in [-0.2, 0) is 4.79 Å². The van der Waals surface area contributed by atoms with Crippen molar-refractivity contribution in [3.63, 3.8) is 0 Å². The van der Waals surface area contributed by atoms with E-state index in [0.29, 0.717) is 0 Å². The van der Waals surface area contributed by atoms with Gasteiger partial charge in [0.05, 0.1) is 0 Å². The lowest BCUT2D eigenvalue weighted by Gasteiger charge is -2.22. The molecule has 0 amide bonds. The number of carboxylic acids is 1. The summed E-state index contributed by atoms with van der Waals surface area (Å²) in [6, 6.07) is -1.40. The van der Waals surface area contributed by atoms with E-state index < -0.39 is 18.4 Å². The summed E-state index contributed by atoms with van der Waals surface area (Å²) in [5, 5.41) is 8.68. The van der Waals surface area contributed by atoms with E-state index in [0.717, 1.165) is 32.1 Å². The third-order valence-electron chi connectivity index (χ3n) is 2.29. The lowest BCUT2D eigenvalue weighted by Crippen LogP contribution is -2.32. The summed E-state index contributed by atoms with van der Waals surface area (Å²) in [5.74, 6) is -1.44. The Balaban J connectivity index is 2.66. The molecule has 70 valence electrons. The van der Waals surface area contributed by atoms with Gasteiger partial charge in [-0.2, -0.15) is 0 Å². The van der Waals surface area contributed by atoms with Gasteiger partial charge < -0.3 is 10.8 Å². The van der Waals surface area contributed by atoms with Crippen molar-refractivity contribution in [3.8, 4) is 0 Å². The maximum absolute atomic E-state index is 10.6. The van der Waals surface area contributed by atoms with Gasteiger partial charge in [0.2, 0.25) is 0 Å². The Kier molecular flexibility index (Phi) is 2.56. The van der Waals surface area contributed by atoms with Crippen molar-refractivity contribution in [1.82, 2.24) is 0 Å². The average molecular weight is 173 g/mol. The zero-order valence-corrected chi connectivity index (χ0v) is 7.12. The zero-order chi connectivity index (χ0) is 10.8. The van der Waals surface area contributed by atoms with E-state index in [-0.39, 0.29) is 5.92 Å². The molecule has 12 heavy (non-hydrogen) atoms. The largest absolute Gasteiger partial charge is 0.480 e. The molecular weight excluding hydrogens is 154 g/mol. The van der Waals surface area contributed by atoms with E-state index in [1.165, 1.54) is 0 Å². The lowest BCUT2D eigenvalue weighted by atomic mass is 9.85. The molecule has 0 bridgehead atoms. The Hall–Kier alpha value is -0.570. The quantitative estimate of drug-likeness (QED) is 0.677. The van der Waals surface area contributed by atoms with Crippen molar-refractivity contribution in [2.45, 2.75) is 44.5 Å². The highest BCUT2D eigenvalue weighted by atomic mass is 16.4. The fourth-order valence-electron chi connectivity index (χ4n) is 1.59. The number of carbonyl (C=O) groups is 1. The molecule has 0 saturated heterocycles. The number of hydrogen-bond acceptors (Lipinski definition) is 2. The summed E-state index contributed by atoms with van der Waals surface area (Å²) in [5.41, 5.74) is 5.35. The Morgan fingerprint density at radius 3 is 2.67 bits per heavy atom. The van der Waals surface area contributed by atoms with Gasteiger partial charge in [-0.05, 0) is 12.3 Å². The number of nitrogens with two attached hydrogens (primary N) is 1.